The lowest BCUT2D eigenvalue weighted by Crippen LogP contribution is -2.43. The molecule has 3 aromatic carbocycles. The molecule has 0 spiro atoms. The molecule has 1 amide bonds. The number of nitrogens with zero attached hydrogens (tertiary/aromatic N) is 2. The third-order valence-corrected chi connectivity index (χ3v) is 5.12. The van der Waals surface area contributed by atoms with Crippen LogP contribution < -0.4 is 16.4 Å². The Kier molecular flexibility index (Phi) is 5.87. The molecule has 0 unspecified atom stereocenters. The summed E-state index contributed by atoms with van der Waals surface area (Å²) >= 11 is 6.11. The van der Waals surface area contributed by atoms with E-state index in [-0.39, 0.29) is 12.2 Å². The molecular weight excluding hydrogens is 440 g/mol. The van der Waals surface area contributed by atoms with E-state index in [1.165, 1.54) is 16.7 Å². The monoisotopic (exact) mass is 455 g/mol. The van der Waals surface area contributed by atoms with Gasteiger partial charge in [-0.1, -0.05) is 41.9 Å². The molecule has 0 aliphatic carbocycles. The van der Waals surface area contributed by atoms with E-state index in [1.807, 2.05) is 30.3 Å². The molecule has 4 rings (SSSR count). The minimum atomic E-state index is -1.12. The van der Waals surface area contributed by atoms with E-state index < -0.39 is 35.2 Å². The van der Waals surface area contributed by atoms with E-state index in [9.17, 15) is 23.2 Å². The van der Waals surface area contributed by atoms with Crippen LogP contribution >= 0.6 is 11.6 Å². The second-order valence-corrected chi connectivity index (χ2v) is 7.51. The summed E-state index contributed by atoms with van der Waals surface area (Å²) < 4.78 is 28.9. The van der Waals surface area contributed by atoms with Gasteiger partial charge in [0.15, 0.2) is 11.6 Å². The first-order chi connectivity index (χ1) is 15.3. The van der Waals surface area contributed by atoms with Crippen molar-refractivity contribution in [3.05, 3.63) is 110 Å². The molecule has 4 aromatic rings. The van der Waals surface area contributed by atoms with E-state index in [1.54, 1.807) is 12.1 Å². The summed E-state index contributed by atoms with van der Waals surface area (Å²) in [4.78, 5) is 38.3. The van der Waals surface area contributed by atoms with E-state index in [2.05, 4.69) is 5.32 Å². The van der Waals surface area contributed by atoms with Crippen LogP contribution in [0, 0.1) is 11.6 Å². The number of anilines is 1. The maximum Gasteiger partial charge on any atom is 0.317 e. The molecule has 0 bridgehead atoms. The molecule has 0 radical (unpaired) electrons. The highest BCUT2D eigenvalue weighted by Gasteiger charge is 2.17. The molecule has 0 aliphatic heterocycles. The summed E-state index contributed by atoms with van der Waals surface area (Å²) in [6.45, 7) is -0.356. The van der Waals surface area contributed by atoms with Crippen LogP contribution in [0.2, 0.25) is 5.02 Å². The van der Waals surface area contributed by atoms with Crippen LogP contribution in [0.3, 0.4) is 0 Å². The zero-order chi connectivity index (χ0) is 22.8. The van der Waals surface area contributed by atoms with Gasteiger partial charge in [0.2, 0.25) is 5.91 Å². The SMILES string of the molecule is O=C(Cn1c(=O)c(=O)n(Cc2ccccc2)c2ccc(Cl)cc21)Nc1ccc(F)c(F)c1. The summed E-state index contributed by atoms with van der Waals surface area (Å²) in [6.07, 6.45) is 0. The van der Waals surface area contributed by atoms with Crippen molar-refractivity contribution in [2.45, 2.75) is 13.1 Å². The number of carbonyl (C=O) groups excluding carboxylic acids is 1. The predicted molar refractivity (Wildman–Crippen MR) is 118 cm³/mol. The quantitative estimate of drug-likeness (QED) is 0.465. The second-order valence-electron chi connectivity index (χ2n) is 7.08. The van der Waals surface area contributed by atoms with Crippen LogP contribution in [0.4, 0.5) is 14.5 Å². The Bertz CT molecular complexity index is 1450. The molecule has 0 aliphatic rings. The zero-order valence-electron chi connectivity index (χ0n) is 16.5. The summed E-state index contributed by atoms with van der Waals surface area (Å²) in [5.74, 6) is -2.87. The van der Waals surface area contributed by atoms with E-state index in [0.717, 1.165) is 22.3 Å². The molecule has 0 fully saturated rings. The van der Waals surface area contributed by atoms with Crippen molar-refractivity contribution in [2.75, 3.05) is 5.32 Å². The highest BCUT2D eigenvalue weighted by atomic mass is 35.5. The molecule has 0 atom stereocenters. The first kappa shape index (κ1) is 21.5. The van der Waals surface area contributed by atoms with Crippen LogP contribution in [0.15, 0.2) is 76.3 Å². The van der Waals surface area contributed by atoms with Gasteiger partial charge in [-0.15, -0.1) is 0 Å². The maximum atomic E-state index is 13.4. The highest BCUT2D eigenvalue weighted by molar-refractivity contribution is 6.31. The van der Waals surface area contributed by atoms with Gasteiger partial charge in [0.25, 0.3) is 0 Å². The van der Waals surface area contributed by atoms with Gasteiger partial charge in [-0.25, -0.2) is 8.78 Å². The fraction of sp³-hybridized carbons (Fsp3) is 0.0870. The van der Waals surface area contributed by atoms with Gasteiger partial charge in [-0.05, 0) is 35.9 Å². The molecule has 1 heterocycles. The number of carbonyl (C=O) groups is 1. The highest BCUT2D eigenvalue weighted by Crippen LogP contribution is 2.19. The molecule has 0 saturated heterocycles. The van der Waals surface area contributed by atoms with Crippen molar-refractivity contribution in [1.82, 2.24) is 9.13 Å². The van der Waals surface area contributed by atoms with Crippen LogP contribution in [0.1, 0.15) is 5.56 Å². The lowest BCUT2D eigenvalue weighted by atomic mass is 10.2. The number of hydrogen-bond acceptors (Lipinski definition) is 3. The first-order valence-corrected chi connectivity index (χ1v) is 9.93. The zero-order valence-corrected chi connectivity index (χ0v) is 17.3. The van der Waals surface area contributed by atoms with Crippen LogP contribution in [0.5, 0.6) is 0 Å². The topological polar surface area (TPSA) is 73.1 Å². The van der Waals surface area contributed by atoms with Crippen molar-refractivity contribution >= 4 is 34.2 Å². The van der Waals surface area contributed by atoms with Crippen molar-refractivity contribution in [3.8, 4) is 0 Å². The Morgan fingerprint density at radius 1 is 0.844 bits per heavy atom. The van der Waals surface area contributed by atoms with Gasteiger partial charge < -0.3 is 5.32 Å². The molecule has 162 valence electrons. The average Bonchev–Trinajstić information content (AvgIpc) is 2.77. The number of fused-ring (bicyclic) bond motifs is 1. The number of halogens is 3. The van der Waals surface area contributed by atoms with Gasteiger partial charge in [0, 0.05) is 16.8 Å². The van der Waals surface area contributed by atoms with Gasteiger partial charge in [-0.2, -0.15) is 0 Å². The summed E-state index contributed by atoms with van der Waals surface area (Å²) in [5, 5.41) is 2.71. The number of rotatable bonds is 5. The molecule has 9 heteroatoms. The fourth-order valence-corrected chi connectivity index (χ4v) is 3.56. The standard InChI is InChI=1S/C23H16ClF2N3O3/c24-15-6-9-19-20(10-15)29(13-21(30)27-16-7-8-17(25)18(26)11-16)23(32)22(31)28(19)12-14-4-2-1-3-5-14/h1-11H,12-13H2,(H,27,30). The molecule has 1 N–H and O–H groups in total. The molecule has 1 aromatic heterocycles. The number of aromatic nitrogens is 2. The summed E-state index contributed by atoms with van der Waals surface area (Å²) in [5.41, 5.74) is -0.164. The van der Waals surface area contributed by atoms with Gasteiger partial charge in [0.1, 0.15) is 6.54 Å². The minimum absolute atomic E-state index is 0.0155. The van der Waals surface area contributed by atoms with E-state index in [4.69, 9.17) is 11.6 Å². The molecule has 32 heavy (non-hydrogen) atoms. The van der Waals surface area contributed by atoms with Crippen LogP contribution in [-0.2, 0) is 17.9 Å². The first-order valence-electron chi connectivity index (χ1n) is 9.55. The van der Waals surface area contributed by atoms with Crippen molar-refractivity contribution < 1.29 is 13.6 Å². The number of amides is 1. The lowest BCUT2D eigenvalue weighted by molar-refractivity contribution is -0.116. The Balaban J connectivity index is 1.75. The van der Waals surface area contributed by atoms with Crippen LogP contribution in [-0.4, -0.2) is 15.0 Å². The van der Waals surface area contributed by atoms with Crippen molar-refractivity contribution in [1.29, 1.82) is 0 Å². The molecule has 6 nitrogen and oxygen atoms in total. The Hall–Kier alpha value is -3.78. The third-order valence-electron chi connectivity index (χ3n) is 4.88. The van der Waals surface area contributed by atoms with Gasteiger partial charge in [0.05, 0.1) is 17.6 Å². The third kappa shape index (κ3) is 4.31. The number of benzene rings is 3. The number of hydrogen-bond donors (Lipinski definition) is 1. The lowest BCUT2D eigenvalue weighted by Gasteiger charge is -2.15. The van der Waals surface area contributed by atoms with Crippen LogP contribution in [0.25, 0.3) is 11.0 Å². The maximum absolute atomic E-state index is 13.4. The number of nitrogens with one attached hydrogen (secondary N) is 1. The van der Waals surface area contributed by atoms with Crippen molar-refractivity contribution in [2.24, 2.45) is 0 Å². The Morgan fingerprint density at radius 2 is 1.56 bits per heavy atom. The predicted octanol–water partition coefficient (Wildman–Crippen LogP) is 3.78. The molecular formula is C23H16ClF2N3O3. The Morgan fingerprint density at radius 3 is 2.28 bits per heavy atom. The van der Waals surface area contributed by atoms with E-state index in [0.29, 0.717) is 16.1 Å². The summed E-state index contributed by atoms with van der Waals surface area (Å²) in [7, 11) is 0. The minimum Gasteiger partial charge on any atom is -0.324 e. The largest absolute Gasteiger partial charge is 0.324 e. The summed E-state index contributed by atoms with van der Waals surface area (Å²) in [6, 6.07) is 16.7. The Labute approximate surface area is 185 Å². The second kappa shape index (κ2) is 8.76. The smallest absolute Gasteiger partial charge is 0.317 e. The average molecular weight is 456 g/mol. The van der Waals surface area contributed by atoms with Gasteiger partial charge >= 0.3 is 11.1 Å². The van der Waals surface area contributed by atoms with Gasteiger partial charge in [-0.3, -0.25) is 23.5 Å². The van der Waals surface area contributed by atoms with Crippen molar-refractivity contribution in [3.63, 3.8) is 0 Å². The fourth-order valence-electron chi connectivity index (χ4n) is 3.39. The molecule has 0 saturated carbocycles. The normalized spacial score (nSPS) is 11.0. The van der Waals surface area contributed by atoms with E-state index >= 15 is 0 Å².